The first-order chi connectivity index (χ1) is 12.8. The van der Waals surface area contributed by atoms with Crippen LogP contribution in [0.2, 0.25) is 0 Å². The van der Waals surface area contributed by atoms with E-state index in [-0.39, 0.29) is 35.4 Å². The maximum atomic E-state index is 12.4. The van der Waals surface area contributed by atoms with E-state index in [0.717, 1.165) is 5.56 Å². The molecular weight excluding hydrogens is 350 g/mol. The van der Waals surface area contributed by atoms with Crippen molar-refractivity contribution in [2.24, 2.45) is 5.92 Å². The van der Waals surface area contributed by atoms with Crippen LogP contribution in [0, 0.1) is 16.0 Å². The van der Waals surface area contributed by atoms with Gasteiger partial charge in [0, 0.05) is 30.3 Å². The zero-order valence-electron chi connectivity index (χ0n) is 15.3. The Hall–Kier alpha value is -3.42. The van der Waals surface area contributed by atoms with Crippen molar-refractivity contribution in [2.75, 3.05) is 12.4 Å². The molecule has 0 aliphatic rings. The van der Waals surface area contributed by atoms with Gasteiger partial charge in [0.15, 0.2) is 0 Å². The molecule has 0 saturated heterocycles. The van der Waals surface area contributed by atoms with Crippen LogP contribution in [0.5, 0.6) is 5.75 Å². The van der Waals surface area contributed by atoms with Crippen molar-refractivity contribution in [3.8, 4) is 5.75 Å². The first-order valence-corrected chi connectivity index (χ1v) is 8.32. The lowest BCUT2D eigenvalue weighted by Gasteiger charge is -2.10. The van der Waals surface area contributed by atoms with Crippen LogP contribution in [0.25, 0.3) is 0 Å². The van der Waals surface area contributed by atoms with Gasteiger partial charge in [0.25, 0.3) is 11.6 Å². The molecule has 142 valence electrons. The Morgan fingerprint density at radius 1 is 1.15 bits per heavy atom. The molecule has 0 spiro atoms. The third-order valence-electron chi connectivity index (χ3n) is 3.84. The van der Waals surface area contributed by atoms with Gasteiger partial charge in [-0.1, -0.05) is 26.0 Å². The van der Waals surface area contributed by atoms with E-state index in [1.54, 1.807) is 38.1 Å². The molecule has 0 aromatic heterocycles. The SMILES string of the molecule is COc1ccc([N+](=O)[O-])cc1C(=O)NCc1ccc(NC(=O)C(C)C)cc1. The molecule has 0 heterocycles. The van der Waals surface area contributed by atoms with E-state index in [0.29, 0.717) is 5.69 Å². The fourth-order valence-electron chi connectivity index (χ4n) is 2.26. The van der Waals surface area contributed by atoms with Crippen LogP contribution in [0.3, 0.4) is 0 Å². The number of non-ortho nitro benzene ring substituents is 1. The van der Waals surface area contributed by atoms with Crippen LogP contribution >= 0.6 is 0 Å². The molecule has 8 heteroatoms. The second kappa shape index (κ2) is 8.79. The Bertz CT molecular complexity index is 847. The van der Waals surface area contributed by atoms with Gasteiger partial charge in [0.05, 0.1) is 17.6 Å². The van der Waals surface area contributed by atoms with Gasteiger partial charge in [0.2, 0.25) is 5.91 Å². The van der Waals surface area contributed by atoms with Crippen LogP contribution in [-0.2, 0) is 11.3 Å². The second-order valence-corrected chi connectivity index (χ2v) is 6.17. The van der Waals surface area contributed by atoms with Gasteiger partial charge in [-0.3, -0.25) is 19.7 Å². The summed E-state index contributed by atoms with van der Waals surface area (Å²) in [7, 11) is 1.39. The second-order valence-electron chi connectivity index (χ2n) is 6.17. The van der Waals surface area contributed by atoms with Crippen LogP contribution in [-0.4, -0.2) is 23.8 Å². The van der Waals surface area contributed by atoms with Crippen LogP contribution in [0.1, 0.15) is 29.8 Å². The number of anilines is 1. The number of ether oxygens (including phenoxy) is 1. The maximum Gasteiger partial charge on any atom is 0.270 e. The van der Waals surface area contributed by atoms with Gasteiger partial charge >= 0.3 is 0 Å². The van der Waals surface area contributed by atoms with E-state index in [4.69, 9.17) is 4.74 Å². The maximum absolute atomic E-state index is 12.4. The van der Waals surface area contributed by atoms with Gasteiger partial charge in [-0.15, -0.1) is 0 Å². The molecule has 0 aliphatic carbocycles. The third kappa shape index (κ3) is 5.27. The van der Waals surface area contributed by atoms with E-state index in [1.165, 1.54) is 25.3 Å². The molecule has 8 nitrogen and oxygen atoms in total. The summed E-state index contributed by atoms with van der Waals surface area (Å²) in [6.07, 6.45) is 0. The minimum absolute atomic E-state index is 0.0752. The summed E-state index contributed by atoms with van der Waals surface area (Å²) < 4.78 is 5.10. The average Bonchev–Trinajstić information content (AvgIpc) is 2.66. The van der Waals surface area contributed by atoms with Crippen LogP contribution < -0.4 is 15.4 Å². The minimum Gasteiger partial charge on any atom is -0.496 e. The predicted molar refractivity (Wildman–Crippen MR) is 101 cm³/mol. The molecule has 0 atom stereocenters. The van der Waals surface area contributed by atoms with Crippen LogP contribution in [0.4, 0.5) is 11.4 Å². The number of methoxy groups -OCH3 is 1. The van der Waals surface area contributed by atoms with Crippen molar-refractivity contribution in [2.45, 2.75) is 20.4 Å². The molecule has 0 aliphatic heterocycles. The van der Waals surface area contributed by atoms with E-state index in [1.807, 2.05) is 0 Å². The number of nitro groups is 1. The van der Waals surface area contributed by atoms with E-state index < -0.39 is 10.8 Å². The number of nitrogens with zero attached hydrogens (tertiary/aromatic N) is 1. The van der Waals surface area contributed by atoms with Crippen LogP contribution in [0.15, 0.2) is 42.5 Å². The highest BCUT2D eigenvalue weighted by atomic mass is 16.6. The molecule has 2 rings (SSSR count). The highest BCUT2D eigenvalue weighted by molar-refractivity contribution is 5.97. The number of benzene rings is 2. The summed E-state index contributed by atoms with van der Waals surface area (Å²) in [6, 6.07) is 10.9. The summed E-state index contributed by atoms with van der Waals surface area (Å²) >= 11 is 0. The van der Waals surface area contributed by atoms with Gasteiger partial charge in [-0.25, -0.2) is 0 Å². The van der Waals surface area contributed by atoms with Crippen molar-refractivity contribution in [3.05, 3.63) is 63.7 Å². The van der Waals surface area contributed by atoms with Crippen molar-refractivity contribution in [1.29, 1.82) is 0 Å². The number of amides is 2. The monoisotopic (exact) mass is 371 g/mol. The van der Waals surface area contributed by atoms with Crippen molar-refractivity contribution in [1.82, 2.24) is 5.32 Å². The summed E-state index contributed by atoms with van der Waals surface area (Å²) in [5, 5.41) is 16.4. The number of carbonyl (C=O) groups excluding carboxylic acids is 2. The summed E-state index contributed by atoms with van der Waals surface area (Å²) in [6.45, 7) is 3.84. The molecule has 27 heavy (non-hydrogen) atoms. The zero-order chi connectivity index (χ0) is 20.0. The number of hydrogen-bond acceptors (Lipinski definition) is 5. The van der Waals surface area contributed by atoms with Gasteiger partial charge < -0.3 is 15.4 Å². The lowest BCUT2D eigenvalue weighted by Crippen LogP contribution is -2.23. The predicted octanol–water partition coefficient (Wildman–Crippen LogP) is 3.13. The average molecular weight is 371 g/mol. The first kappa shape index (κ1) is 19.9. The summed E-state index contributed by atoms with van der Waals surface area (Å²) in [5.74, 6) is -0.416. The van der Waals surface area contributed by atoms with Gasteiger partial charge in [-0.2, -0.15) is 0 Å². The lowest BCUT2D eigenvalue weighted by molar-refractivity contribution is -0.384. The normalized spacial score (nSPS) is 10.4. The van der Waals surface area contributed by atoms with Crippen molar-refractivity contribution < 1.29 is 19.2 Å². The highest BCUT2D eigenvalue weighted by Gasteiger charge is 2.17. The van der Waals surface area contributed by atoms with Crippen molar-refractivity contribution in [3.63, 3.8) is 0 Å². The molecule has 2 amide bonds. The Kier molecular flexibility index (Phi) is 6.48. The molecule has 0 bridgehead atoms. The topological polar surface area (TPSA) is 111 Å². The van der Waals surface area contributed by atoms with Gasteiger partial charge in [0.1, 0.15) is 5.75 Å². The Labute approximate surface area is 156 Å². The molecule has 0 radical (unpaired) electrons. The number of nitro benzene ring substituents is 1. The molecule has 2 N–H and O–H groups in total. The third-order valence-corrected chi connectivity index (χ3v) is 3.84. The molecule has 0 unspecified atom stereocenters. The molecule has 2 aromatic rings. The standard InChI is InChI=1S/C19H21N3O5/c1-12(2)18(23)21-14-6-4-13(5-7-14)11-20-19(24)16-10-15(22(25)26)8-9-17(16)27-3/h4-10,12H,11H2,1-3H3,(H,20,24)(H,21,23). The number of carbonyl (C=O) groups is 2. The largest absolute Gasteiger partial charge is 0.496 e. The quantitative estimate of drug-likeness (QED) is 0.574. The first-order valence-electron chi connectivity index (χ1n) is 8.32. The van der Waals surface area contributed by atoms with E-state index in [9.17, 15) is 19.7 Å². The highest BCUT2D eigenvalue weighted by Crippen LogP contribution is 2.24. The van der Waals surface area contributed by atoms with E-state index in [2.05, 4.69) is 10.6 Å². The summed E-state index contributed by atoms with van der Waals surface area (Å²) in [5.41, 5.74) is 1.39. The van der Waals surface area contributed by atoms with Gasteiger partial charge in [-0.05, 0) is 23.8 Å². The van der Waals surface area contributed by atoms with E-state index >= 15 is 0 Å². The Morgan fingerprint density at radius 2 is 1.81 bits per heavy atom. The zero-order valence-corrected chi connectivity index (χ0v) is 15.3. The molecule has 0 fully saturated rings. The fourth-order valence-corrected chi connectivity index (χ4v) is 2.26. The molecule has 0 saturated carbocycles. The fraction of sp³-hybridized carbons (Fsp3) is 0.263. The Balaban J connectivity index is 2.04. The smallest absolute Gasteiger partial charge is 0.270 e. The number of hydrogen-bond donors (Lipinski definition) is 2. The number of nitrogens with one attached hydrogen (secondary N) is 2. The molecular formula is C19H21N3O5. The minimum atomic E-state index is -0.569. The lowest BCUT2D eigenvalue weighted by atomic mass is 10.1. The summed E-state index contributed by atoms with van der Waals surface area (Å²) in [4.78, 5) is 34.4. The Morgan fingerprint density at radius 3 is 2.37 bits per heavy atom. The number of rotatable bonds is 7. The van der Waals surface area contributed by atoms with Crippen molar-refractivity contribution >= 4 is 23.2 Å². The molecule has 2 aromatic carbocycles.